The zero-order valence-corrected chi connectivity index (χ0v) is 7.56. The Kier molecular flexibility index (Phi) is 4.61. The molecule has 0 fully saturated rings. The standard InChI is InChI=1S/C8H18FNO/c1-8(2,3)11-5-4-7(9)6-10/h7H,4-6,10H2,1-3H3/t7-/m0/s1. The van der Waals surface area contributed by atoms with E-state index in [1.165, 1.54) is 0 Å². The second kappa shape index (κ2) is 4.67. The minimum atomic E-state index is -0.919. The maximum Gasteiger partial charge on any atom is 0.114 e. The van der Waals surface area contributed by atoms with E-state index in [0.29, 0.717) is 13.0 Å². The molecule has 2 N–H and O–H groups in total. The van der Waals surface area contributed by atoms with Crippen molar-refractivity contribution in [2.75, 3.05) is 13.2 Å². The molecule has 0 amide bonds. The summed E-state index contributed by atoms with van der Waals surface area (Å²) < 4.78 is 17.8. The van der Waals surface area contributed by atoms with Gasteiger partial charge in [-0.2, -0.15) is 0 Å². The maximum absolute atomic E-state index is 12.5. The van der Waals surface area contributed by atoms with Gasteiger partial charge in [0.15, 0.2) is 0 Å². The number of hydrogen-bond acceptors (Lipinski definition) is 2. The molecule has 11 heavy (non-hydrogen) atoms. The first-order valence-corrected chi connectivity index (χ1v) is 3.94. The van der Waals surface area contributed by atoms with Crippen molar-refractivity contribution in [2.24, 2.45) is 5.73 Å². The molecule has 0 spiro atoms. The molecule has 0 rings (SSSR count). The van der Waals surface area contributed by atoms with Gasteiger partial charge in [0.2, 0.25) is 0 Å². The number of rotatable bonds is 4. The molecule has 0 saturated carbocycles. The lowest BCUT2D eigenvalue weighted by atomic mass is 10.2. The Balaban J connectivity index is 3.28. The Morgan fingerprint density at radius 1 is 1.45 bits per heavy atom. The van der Waals surface area contributed by atoms with Crippen molar-refractivity contribution in [3.63, 3.8) is 0 Å². The van der Waals surface area contributed by atoms with Crippen molar-refractivity contribution in [2.45, 2.75) is 39.0 Å². The Morgan fingerprint density at radius 3 is 2.36 bits per heavy atom. The molecule has 2 nitrogen and oxygen atoms in total. The van der Waals surface area contributed by atoms with Gasteiger partial charge in [0, 0.05) is 13.0 Å². The topological polar surface area (TPSA) is 35.2 Å². The first kappa shape index (κ1) is 10.8. The van der Waals surface area contributed by atoms with Crippen molar-refractivity contribution in [1.29, 1.82) is 0 Å². The van der Waals surface area contributed by atoms with Gasteiger partial charge in [0.1, 0.15) is 6.17 Å². The number of hydrogen-bond donors (Lipinski definition) is 1. The summed E-state index contributed by atoms with van der Waals surface area (Å²) >= 11 is 0. The summed E-state index contributed by atoms with van der Waals surface area (Å²) in [7, 11) is 0. The number of ether oxygens (including phenoxy) is 1. The molecule has 3 heteroatoms. The highest BCUT2D eigenvalue weighted by Crippen LogP contribution is 2.08. The summed E-state index contributed by atoms with van der Waals surface area (Å²) in [5.41, 5.74) is 4.92. The van der Waals surface area contributed by atoms with Crippen LogP contribution in [0.5, 0.6) is 0 Å². The van der Waals surface area contributed by atoms with Crippen molar-refractivity contribution in [1.82, 2.24) is 0 Å². The maximum atomic E-state index is 12.5. The van der Waals surface area contributed by atoms with Gasteiger partial charge in [-0.15, -0.1) is 0 Å². The van der Waals surface area contributed by atoms with Gasteiger partial charge in [-0.05, 0) is 20.8 Å². The molecule has 0 radical (unpaired) electrons. The molecule has 0 heterocycles. The highest BCUT2D eigenvalue weighted by atomic mass is 19.1. The number of halogens is 1. The van der Waals surface area contributed by atoms with Gasteiger partial charge >= 0.3 is 0 Å². The molecule has 1 atom stereocenters. The van der Waals surface area contributed by atoms with Crippen LogP contribution in [-0.2, 0) is 4.74 Å². The Hall–Kier alpha value is -0.150. The van der Waals surface area contributed by atoms with E-state index in [1.807, 2.05) is 20.8 Å². The first-order valence-electron chi connectivity index (χ1n) is 3.94. The monoisotopic (exact) mass is 163 g/mol. The molecule has 0 aliphatic carbocycles. The van der Waals surface area contributed by atoms with Crippen LogP contribution in [0.25, 0.3) is 0 Å². The van der Waals surface area contributed by atoms with E-state index < -0.39 is 6.17 Å². The van der Waals surface area contributed by atoms with Gasteiger partial charge in [-0.25, -0.2) is 4.39 Å². The lowest BCUT2D eigenvalue weighted by molar-refractivity contribution is -0.0107. The van der Waals surface area contributed by atoms with E-state index in [2.05, 4.69) is 0 Å². The van der Waals surface area contributed by atoms with Gasteiger partial charge in [0.05, 0.1) is 12.2 Å². The van der Waals surface area contributed by atoms with E-state index >= 15 is 0 Å². The minimum Gasteiger partial charge on any atom is -0.376 e. The molecule has 0 saturated heterocycles. The average Bonchev–Trinajstić information content (AvgIpc) is 1.85. The fraction of sp³-hybridized carbons (Fsp3) is 1.00. The Morgan fingerprint density at radius 2 is 2.00 bits per heavy atom. The zero-order valence-electron chi connectivity index (χ0n) is 7.56. The molecule has 0 aromatic rings. The summed E-state index contributed by atoms with van der Waals surface area (Å²) in [4.78, 5) is 0. The van der Waals surface area contributed by atoms with Crippen LogP contribution in [-0.4, -0.2) is 24.9 Å². The number of nitrogens with two attached hydrogens (primary N) is 1. The van der Waals surface area contributed by atoms with Crippen LogP contribution < -0.4 is 5.73 Å². The normalized spacial score (nSPS) is 15.0. The van der Waals surface area contributed by atoms with E-state index in [-0.39, 0.29) is 12.1 Å². The third-order valence-corrected chi connectivity index (χ3v) is 1.22. The second-order valence-electron chi connectivity index (χ2n) is 3.58. The fourth-order valence-corrected chi connectivity index (χ4v) is 0.611. The summed E-state index contributed by atoms with van der Waals surface area (Å²) in [6.07, 6.45) is -0.523. The van der Waals surface area contributed by atoms with E-state index in [9.17, 15) is 4.39 Å². The van der Waals surface area contributed by atoms with Gasteiger partial charge in [-0.1, -0.05) is 0 Å². The molecule has 0 aliphatic rings. The highest BCUT2D eigenvalue weighted by molar-refractivity contribution is 4.61. The summed E-state index contributed by atoms with van der Waals surface area (Å²) in [6.45, 7) is 6.38. The highest BCUT2D eigenvalue weighted by Gasteiger charge is 2.11. The van der Waals surface area contributed by atoms with E-state index in [0.717, 1.165) is 0 Å². The van der Waals surface area contributed by atoms with Gasteiger partial charge in [0.25, 0.3) is 0 Å². The molecule has 0 bridgehead atoms. The van der Waals surface area contributed by atoms with Crippen LogP contribution in [0.2, 0.25) is 0 Å². The molecular formula is C8H18FNO. The third-order valence-electron chi connectivity index (χ3n) is 1.22. The summed E-state index contributed by atoms with van der Waals surface area (Å²) in [5.74, 6) is 0. The van der Waals surface area contributed by atoms with E-state index in [1.54, 1.807) is 0 Å². The number of alkyl halides is 1. The lowest BCUT2D eigenvalue weighted by Crippen LogP contribution is -2.23. The van der Waals surface area contributed by atoms with Crippen LogP contribution in [0.4, 0.5) is 4.39 Å². The van der Waals surface area contributed by atoms with Crippen LogP contribution in [0.3, 0.4) is 0 Å². The molecule has 0 aromatic heterocycles. The van der Waals surface area contributed by atoms with Gasteiger partial charge in [-0.3, -0.25) is 0 Å². The third kappa shape index (κ3) is 7.75. The van der Waals surface area contributed by atoms with Gasteiger partial charge < -0.3 is 10.5 Å². The average molecular weight is 163 g/mol. The lowest BCUT2D eigenvalue weighted by Gasteiger charge is -2.19. The van der Waals surface area contributed by atoms with Crippen LogP contribution >= 0.6 is 0 Å². The SMILES string of the molecule is CC(C)(C)OCC[C@H](F)CN. The molecule has 68 valence electrons. The smallest absolute Gasteiger partial charge is 0.114 e. The zero-order chi connectivity index (χ0) is 8.91. The fourth-order valence-electron chi connectivity index (χ4n) is 0.611. The predicted molar refractivity (Wildman–Crippen MR) is 44.3 cm³/mol. The molecule has 0 unspecified atom stereocenters. The minimum absolute atomic E-state index is 0.0908. The predicted octanol–water partition coefficient (Wildman–Crippen LogP) is 1.49. The van der Waals surface area contributed by atoms with Crippen molar-refractivity contribution < 1.29 is 9.13 Å². The quantitative estimate of drug-likeness (QED) is 0.681. The van der Waals surface area contributed by atoms with Crippen molar-refractivity contribution in [3.05, 3.63) is 0 Å². The molecular weight excluding hydrogens is 145 g/mol. The van der Waals surface area contributed by atoms with E-state index in [4.69, 9.17) is 10.5 Å². The second-order valence-corrected chi connectivity index (χ2v) is 3.58. The summed E-state index contributed by atoms with van der Waals surface area (Å²) in [6, 6.07) is 0. The Bertz CT molecular complexity index is 101. The first-order chi connectivity index (χ1) is 4.95. The molecule has 0 aliphatic heterocycles. The summed E-state index contributed by atoms with van der Waals surface area (Å²) in [5, 5.41) is 0. The van der Waals surface area contributed by atoms with Crippen LogP contribution in [0, 0.1) is 0 Å². The van der Waals surface area contributed by atoms with Crippen molar-refractivity contribution >= 4 is 0 Å². The van der Waals surface area contributed by atoms with Crippen molar-refractivity contribution in [3.8, 4) is 0 Å². The van der Waals surface area contributed by atoms with Crippen LogP contribution in [0.1, 0.15) is 27.2 Å². The Labute approximate surface area is 67.9 Å². The largest absolute Gasteiger partial charge is 0.376 e. The molecule has 0 aromatic carbocycles. The van der Waals surface area contributed by atoms with Crippen LogP contribution in [0.15, 0.2) is 0 Å².